The van der Waals surface area contributed by atoms with Crippen molar-refractivity contribution in [1.82, 2.24) is 30.4 Å². The average Bonchev–Trinajstić information content (AvgIpc) is 3.00. The summed E-state index contributed by atoms with van der Waals surface area (Å²) >= 11 is 0. The summed E-state index contributed by atoms with van der Waals surface area (Å²) < 4.78 is 70.1. The van der Waals surface area contributed by atoms with Gasteiger partial charge in [0, 0.05) is 45.6 Å². The minimum absolute atomic E-state index is 0. The van der Waals surface area contributed by atoms with E-state index in [0.29, 0.717) is 0 Å². The zero-order valence-electron chi connectivity index (χ0n) is 17.6. The standard InChI is InChI=1S/C15H30N6.2ClHO4.Ni/c1-20-12-10-19-15(20)14-21-11-3-6-17-8-7-16-4-2-5-18-9-13-21;2*2-1(3,4)5;/h10,12,16-18H,2-9,11,13-14H2,1H3;2*(H,2,3,4,5);/q;;;+2/p-2. The number of imidazole rings is 1. The molecule has 17 heteroatoms. The van der Waals surface area contributed by atoms with Gasteiger partial charge in [-0.2, -0.15) is 0 Å². The van der Waals surface area contributed by atoms with Crippen LogP contribution in [0.2, 0.25) is 0 Å². The molecule has 14 nitrogen and oxygen atoms in total. The smallest absolute Gasteiger partial charge is 0.337 e. The predicted molar refractivity (Wildman–Crippen MR) is 86.3 cm³/mol. The number of nitrogens with zero attached hydrogens (tertiary/aromatic N) is 3. The maximum atomic E-state index is 8.49. The van der Waals surface area contributed by atoms with Crippen molar-refractivity contribution in [3.63, 3.8) is 0 Å². The second-order valence-corrected chi connectivity index (χ2v) is 7.96. The number of rotatable bonds is 2. The molecule has 1 fully saturated rings. The molecule has 1 saturated heterocycles. The van der Waals surface area contributed by atoms with Crippen LogP contribution in [0.1, 0.15) is 18.7 Å². The molecule has 0 spiro atoms. The number of hydrogen-bond donors (Lipinski definition) is 3. The van der Waals surface area contributed by atoms with E-state index in [9.17, 15) is 0 Å². The van der Waals surface area contributed by atoms with Gasteiger partial charge in [-0.05, 0) is 39.0 Å². The molecule has 1 aromatic heterocycles. The monoisotopic (exact) mass is 550 g/mol. The van der Waals surface area contributed by atoms with Gasteiger partial charge in [0.25, 0.3) is 0 Å². The van der Waals surface area contributed by atoms with E-state index in [4.69, 9.17) is 37.3 Å². The van der Waals surface area contributed by atoms with Crippen molar-refractivity contribution in [1.29, 1.82) is 0 Å². The van der Waals surface area contributed by atoms with Crippen LogP contribution in [-0.4, -0.2) is 66.8 Å². The van der Waals surface area contributed by atoms with Crippen LogP contribution in [0.15, 0.2) is 12.4 Å². The van der Waals surface area contributed by atoms with Gasteiger partial charge in [-0.15, -0.1) is 20.5 Å². The summed E-state index contributed by atoms with van der Waals surface area (Å²) in [4.78, 5) is 6.94. The normalized spacial score (nSPS) is 17.5. The van der Waals surface area contributed by atoms with Crippen LogP contribution in [0.4, 0.5) is 0 Å². The molecule has 1 aliphatic heterocycles. The molecule has 0 amide bonds. The van der Waals surface area contributed by atoms with E-state index in [1.165, 1.54) is 12.8 Å². The average molecular weight is 552 g/mol. The van der Waals surface area contributed by atoms with E-state index in [-0.39, 0.29) is 16.5 Å². The number of aromatic nitrogens is 2. The van der Waals surface area contributed by atoms with Gasteiger partial charge in [0.1, 0.15) is 5.82 Å². The molecular weight excluding hydrogens is 522 g/mol. The summed E-state index contributed by atoms with van der Waals surface area (Å²) in [5.41, 5.74) is 0. The van der Waals surface area contributed by atoms with Gasteiger partial charge in [-0.1, -0.05) is 0 Å². The van der Waals surface area contributed by atoms with Crippen molar-refractivity contribution in [2.45, 2.75) is 19.4 Å². The number of nitrogens with one attached hydrogen (secondary N) is 3. The zero-order valence-corrected chi connectivity index (χ0v) is 20.1. The van der Waals surface area contributed by atoms with E-state index in [1.807, 2.05) is 12.4 Å². The maximum absolute atomic E-state index is 8.49. The summed E-state index contributed by atoms with van der Waals surface area (Å²) in [6.45, 7) is 9.61. The van der Waals surface area contributed by atoms with Gasteiger partial charge in [-0.25, -0.2) is 42.3 Å². The fraction of sp³-hybridized carbons (Fsp3) is 0.800. The van der Waals surface area contributed by atoms with E-state index < -0.39 is 20.5 Å². The largest absolute Gasteiger partial charge is 2.00 e. The first-order valence-electron chi connectivity index (χ1n) is 9.40. The maximum Gasteiger partial charge on any atom is 2.00 e. The molecule has 3 N–H and O–H groups in total. The summed E-state index contributed by atoms with van der Waals surface area (Å²) in [5, 5.41) is 10.5. The molecule has 192 valence electrons. The van der Waals surface area contributed by atoms with Gasteiger partial charge < -0.3 is 20.5 Å². The molecule has 0 saturated carbocycles. The van der Waals surface area contributed by atoms with Crippen LogP contribution in [0.25, 0.3) is 0 Å². The van der Waals surface area contributed by atoms with Crippen LogP contribution < -0.4 is 53.2 Å². The zero-order chi connectivity index (χ0) is 23.8. The number of halogens is 2. The van der Waals surface area contributed by atoms with Crippen molar-refractivity contribution in [2.24, 2.45) is 7.05 Å². The predicted octanol–water partition coefficient (Wildman–Crippen LogP) is -9.73. The molecule has 0 atom stereocenters. The molecule has 1 aliphatic rings. The summed E-state index contributed by atoms with van der Waals surface area (Å²) in [6, 6.07) is 0. The van der Waals surface area contributed by atoms with Gasteiger partial charge in [-0.3, -0.25) is 4.90 Å². The van der Waals surface area contributed by atoms with Gasteiger partial charge in [0.2, 0.25) is 0 Å². The van der Waals surface area contributed by atoms with Crippen molar-refractivity contribution >= 4 is 0 Å². The summed E-state index contributed by atoms with van der Waals surface area (Å²) in [7, 11) is -7.82. The first-order valence-corrected chi connectivity index (χ1v) is 11.9. The molecule has 2 rings (SSSR count). The van der Waals surface area contributed by atoms with E-state index in [2.05, 4.69) is 37.4 Å². The fourth-order valence-electron chi connectivity index (χ4n) is 2.57. The Morgan fingerprint density at radius 2 is 1.25 bits per heavy atom. The van der Waals surface area contributed by atoms with Crippen LogP contribution in [0.5, 0.6) is 0 Å². The Kier molecular flexibility index (Phi) is 20.3. The molecule has 32 heavy (non-hydrogen) atoms. The SMILES string of the molecule is Cn1ccnc1CN1CCCNCCNCCCNCC1.[Ni+2].[O-][Cl+3]([O-])([O-])[O-].[O-][Cl+3]([O-])([O-])[O-]. The Balaban J connectivity index is 0. The molecule has 1 aromatic rings. The third kappa shape index (κ3) is 27.8. The van der Waals surface area contributed by atoms with Crippen molar-refractivity contribution in [3.8, 4) is 0 Å². The number of hydrogen-bond acceptors (Lipinski definition) is 13. The second-order valence-electron chi connectivity index (χ2n) is 6.44. The van der Waals surface area contributed by atoms with Crippen LogP contribution in [-0.2, 0) is 30.1 Å². The minimum Gasteiger partial charge on any atom is -0.337 e. The Hall–Kier alpha value is -0.196. The Morgan fingerprint density at radius 1 is 0.781 bits per heavy atom. The quantitative estimate of drug-likeness (QED) is 0.289. The topological polar surface area (TPSA) is 242 Å². The molecule has 0 aliphatic carbocycles. The van der Waals surface area contributed by atoms with Crippen LogP contribution in [0, 0.1) is 20.5 Å². The van der Waals surface area contributed by atoms with Crippen LogP contribution >= 0.6 is 0 Å². The van der Waals surface area contributed by atoms with Gasteiger partial charge in [0.15, 0.2) is 0 Å². The van der Waals surface area contributed by atoms with E-state index in [0.717, 1.165) is 64.7 Å². The van der Waals surface area contributed by atoms with Crippen molar-refractivity contribution in [3.05, 3.63) is 18.2 Å². The fourth-order valence-corrected chi connectivity index (χ4v) is 2.57. The van der Waals surface area contributed by atoms with Crippen molar-refractivity contribution in [2.75, 3.05) is 52.4 Å². The molecular formula is C15H30Cl2N6NiO8. The first kappa shape index (κ1) is 34.0. The Bertz CT molecular complexity index is 527. The van der Waals surface area contributed by atoms with Gasteiger partial charge in [0.05, 0.1) is 6.54 Å². The molecule has 0 unspecified atom stereocenters. The number of aryl methyl sites for hydroxylation is 1. The van der Waals surface area contributed by atoms with E-state index in [1.54, 1.807) is 0 Å². The molecule has 0 bridgehead atoms. The minimum atomic E-state index is -4.94. The van der Waals surface area contributed by atoms with Crippen LogP contribution in [0.3, 0.4) is 0 Å². The van der Waals surface area contributed by atoms with Crippen molar-refractivity contribution < 1.29 is 74.2 Å². The third-order valence-electron chi connectivity index (χ3n) is 3.90. The summed E-state index contributed by atoms with van der Waals surface area (Å²) in [5.74, 6) is 1.15. The second kappa shape index (κ2) is 19.1. The van der Waals surface area contributed by atoms with E-state index >= 15 is 0 Å². The molecule has 0 radical (unpaired) electrons. The molecule has 0 aromatic carbocycles. The Labute approximate surface area is 201 Å². The van der Waals surface area contributed by atoms with Gasteiger partial charge >= 0.3 is 16.5 Å². The summed E-state index contributed by atoms with van der Waals surface area (Å²) in [6.07, 6.45) is 6.28. The third-order valence-corrected chi connectivity index (χ3v) is 3.90. The molecule has 2 heterocycles. The Morgan fingerprint density at radius 3 is 1.72 bits per heavy atom. The first-order chi connectivity index (χ1) is 14.4.